The maximum absolute atomic E-state index is 13.4. The zero-order valence-electron chi connectivity index (χ0n) is 17.2. The van der Waals surface area contributed by atoms with E-state index in [1.807, 2.05) is 0 Å². The Morgan fingerprint density at radius 1 is 0.781 bits per heavy atom. The Bertz CT molecular complexity index is 1040. The summed E-state index contributed by atoms with van der Waals surface area (Å²) >= 11 is 1.37. The highest BCUT2D eigenvalue weighted by molar-refractivity contribution is 8.00. The fraction of sp³-hybridized carbons (Fsp3) is 0.200. The molecule has 0 atom stereocenters. The van der Waals surface area contributed by atoms with Crippen LogP contribution >= 0.6 is 11.8 Å². The van der Waals surface area contributed by atoms with Gasteiger partial charge < -0.3 is 10.6 Å². The van der Waals surface area contributed by atoms with Gasteiger partial charge in [0.15, 0.2) is 0 Å². The Kier molecular flexibility index (Phi) is 6.85. The Morgan fingerprint density at radius 3 is 1.72 bits per heavy atom. The van der Waals surface area contributed by atoms with Crippen molar-refractivity contribution in [3.05, 3.63) is 95.6 Å². The van der Waals surface area contributed by atoms with Crippen molar-refractivity contribution in [2.75, 3.05) is 16.4 Å². The minimum atomic E-state index is -0.342. The average Bonchev–Trinajstić information content (AvgIpc) is 3.63. The van der Waals surface area contributed by atoms with Crippen molar-refractivity contribution in [3.63, 3.8) is 0 Å². The SMILES string of the molecule is O=C(CSC(c1ccc(F)cc1)c1ccc(F)cc1)Nc1ccc(NC(=O)C2CC2)cc1. The molecule has 2 N–H and O–H groups in total. The van der Waals surface area contributed by atoms with Gasteiger partial charge in [-0.1, -0.05) is 24.3 Å². The molecule has 1 aliphatic rings. The molecule has 3 aromatic rings. The van der Waals surface area contributed by atoms with Gasteiger partial charge in [-0.3, -0.25) is 9.59 Å². The van der Waals surface area contributed by atoms with Gasteiger partial charge in [0.05, 0.1) is 11.0 Å². The molecule has 1 saturated carbocycles. The predicted octanol–water partition coefficient (Wildman–Crippen LogP) is 5.77. The number of carbonyl (C=O) groups excluding carboxylic acids is 2. The van der Waals surface area contributed by atoms with Crippen molar-refractivity contribution in [2.24, 2.45) is 5.92 Å². The molecule has 3 aromatic carbocycles. The second-order valence-corrected chi connectivity index (χ2v) is 8.78. The van der Waals surface area contributed by atoms with E-state index in [9.17, 15) is 18.4 Å². The van der Waals surface area contributed by atoms with E-state index in [0.29, 0.717) is 11.4 Å². The van der Waals surface area contributed by atoms with Crippen molar-refractivity contribution >= 4 is 35.0 Å². The van der Waals surface area contributed by atoms with Gasteiger partial charge >= 0.3 is 0 Å². The second kappa shape index (κ2) is 9.96. The maximum Gasteiger partial charge on any atom is 0.234 e. The number of thioether (sulfide) groups is 1. The monoisotopic (exact) mass is 452 g/mol. The van der Waals surface area contributed by atoms with Gasteiger partial charge in [0, 0.05) is 17.3 Å². The molecular formula is C25H22F2N2O2S. The van der Waals surface area contributed by atoms with E-state index in [1.165, 1.54) is 36.0 Å². The van der Waals surface area contributed by atoms with E-state index in [-0.39, 0.29) is 40.4 Å². The number of hydrogen-bond donors (Lipinski definition) is 2. The third-order valence-electron chi connectivity index (χ3n) is 5.11. The van der Waals surface area contributed by atoms with E-state index in [4.69, 9.17) is 0 Å². The minimum Gasteiger partial charge on any atom is -0.326 e. The van der Waals surface area contributed by atoms with Crippen molar-refractivity contribution < 1.29 is 18.4 Å². The van der Waals surface area contributed by atoms with Gasteiger partial charge in [-0.15, -0.1) is 11.8 Å². The van der Waals surface area contributed by atoms with Crippen molar-refractivity contribution in [1.29, 1.82) is 0 Å². The van der Waals surface area contributed by atoms with Crippen LogP contribution in [0.1, 0.15) is 29.2 Å². The van der Waals surface area contributed by atoms with Crippen molar-refractivity contribution in [2.45, 2.75) is 18.1 Å². The summed E-state index contributed by atoms with van der Waals surface area (Å²) in [7, 11) is 0. The van der Waals surface area contributed by atoms with Crippen LogP contribution in [0.2, 0.25) is 0 Å². The number of rotatable bonds is 8. The Balaban J connectivity index is 1.37. The molecule has 0 aromatic heterocycles. The largest absolute Gasteiger partial charge is 0.326 e. The van der Waals surface area contributed by atoms with Crippen LogP contribution in [0.3, 0.4) is 0 Å². The molecule has 4 rings (SSSR count). The third kappa shape index (κ3) is 5.95. The molecule has 0 bridgehead atoms. The Labute approximate surface area is 189 Å². The molecule has 0 heterocycles. The standard InChI is InChI=1S/C25H22F2N2O2S/c26-19-7-3-16(4-8-19)24(17-5-9-20(27)10-6-17)32-15-23(30)28-21-11-13-22(14-12-21)29-25(31)18-1-2-18/h3-14,18,24H,1-2,15H2,(H,28,30)(H,29,31). The van der Waals surface area contributed by atoms with E-state index < -0.39 is 0 Å². The molecule has 0 radical (unpaired) electrons. The highest BCUT2D eigenvalue weighted by Gasteiger charge is 2.29. The molecule has 7 heteroatoms. The summed E-state index contributed by atoms with van der Waals surface area (Å²) in [4.78, 5) is 24.4. The maximum atomic E-state index is 13.4. The highest BCUT2D eigenvalue weighted by Crippen LogP contribution is 2.36. The van der Waals surface area contributed by atoms with E-state index in [2.05, 4.69) is 10.6 Å². The summed E-state index contributed by atoms with van der Waals surface area (Å²) in [6.07, 6.45) is 1.88. The van der Waals surface area contributed by atoms with Crippen molar-refractivity contribution in [3.8, 4) is 0 Å². The summed E-state index contributed by atoms with van der Waals surface area (Å²) in [5.74, 6) is -0.567. The topological polar surface area (TPSA) is 58.2 Å². The molecule has 1 aliphatic carbocycles. The van der Waals surface area contributed by atoms with Crippen LogP contribution in [-0.2, 0) is 9.59 Å². The number of carbonyl (C=O) groups is 2. The summed E-state index contributed by atoms with van der Waals surface area (Å²) in [6.45, 7) is 0. The average molecular weight is 453 g/mol. The fourth-order valence-corrected chi connectivity index (χ4v) is 4.33. The first-order valence-electron chi connectivity index (χ1n) is 10.3. The van der Waals surface area contributed by atoms with Gasteiger partial charge in [-0.05, 0) is 72.5 Å². The third-order valence-corrected chi connectivity index (χ3v) is 6.42. The first kappa shape index (κ1) is 22.0. The Morgan fingerprint density at radius 2 is 1.25 bits per heavy atom. The lowest BCUT2D eigenvalue weighted by Gasteiger charge is -2.18. The lowest BCUT2D eigenvalue weighted by atomic mass is 10.0. The van der Waals surface area contributed by atoms with Crippen molar-refractivity contribution in [1.82, 2.24) is 0 Å². The van der Waals surface area contributed by atoms with Crippen LogP contribution in [-0.4, -0.2) is 17.6 Å². The van der Waals surface area contributed by atoms with Crippen LogP contribution in [0.5, 0.6) is 0 Å². The summed E-state index contributed by atoms with van der Waals surface area (Å²) in [5, 5.41) is 5.45. The zero-order chi connectivity index (χ0) is 22.5. The van der Waals surface area contributed by atoms with Crippen LogP contribution in [0, 0.1) is 17.6 Å². The first-order chi connectivity index (χ1) is 15.5. The molecule has 0 aliphatic heterocycles. The molecule has 1 fully saturated rings. The van der Waals surface area contributed by atoms with Crippen LogP contribution in [0.15, 0.2) is 72.8 Å². The molecule has 2 amide bonds. The molecule has 4 nitrogen and oxygen atoms in total. The minimum absolute atomic E-state index is 0.0332. The van der Waals surface area contributed by atoms with Gasteiger partial charge in [-0.2, -0.15) is 0 Å². The number of nitrogens with one attached hydrogen (secondary N) is 2. The summed E-state index contributed by atoms with van der Waals surface area (Å²) < 4.78 is 26.7. The molecule has 0 unspecified atom stereocenters. The quantitative estimate of drug-likeness (QED) is 0.456. The van der Waals surface area contributed by atoms with E-state index >= 15 is 0 Å². The molecular weight excluding hydrogens is 430 g/mol. The molecule has 0 saturated heterocycles. The highest BCUT2D eigenvalue weighted by atomic mass is 32.2. The van der Waals surface area contributed by atoms with Gasteiger partial charge in [0.25, 0.3) is 0 Å². The molecule has 0 spiro atoms. The van der Waals surface area contributed by atoms with Crippen LogP contribution in [0.25, 0.3) is 0 Å². The lowest BCUT2D eigenvalue weighted by molar-refractivity contribution is -0.117. The van der Waals surface area contributed by atoms with Crippen LogP contribution < -0.4 is 10.6 Å². The van der Waals surface area contributed by atoms with E-state index in [1.54, 1.807) is 48.5 Å². The van der Waals surface area contributed by atoms with Crippen LogP contribution in [0.4, 0.5) is 20.2 Å². The predicted molar refractivity (Wildman–Crippen MR) is 124 cm³/mol. The molecule has 32 heavy (non-hydrogen) atoms. The lowest BCUT2D eigenvalue weighted by Crippen LogP contribution is -2.16. The number of halogens is 2. The summed E-state index contributed by atoms with van der Waals surface area (Å²) in [5.41, 5.74) is 2.97. The number of anilines is 2. The second-order valence-electron chi connectivity index (χ2n) is 7.68. The number of amides is 2. The zero-order valence-corrected chi connectivity index (χ0v) is 18.0. The van der Waals surface area contributed by atoms with E-state index in [0.717, 1.165) is 24.0 Å². The Hall–Kier alpha value is -3.19. The number of hydrogen-bond acceptors (Lipinski definition) is 3. The fourth-order valence-electron chi connectivity index (χ4n) is 3.24. The van der Waals surface area contributed by atoms with Gasteiger partial charge in [0.2, 0.25) is 11.8 Å². The first-order valence-corrected chi connectivity index (χ1v) is 11.4. The normalized spacial score (nSPS) is 13.1. The molecule has 164 valence electrons. The summed E-state index contributed by atoms with van der Waals surface area (Å²) in [6, 6.07) is 19.1. The number of benzene rings is 3. The smallest absolute Gasteiger partial charge is 0.234 e. The van der Waals surface area contributed by atoms with Gasteiger partial charge in [0.1, 0.15) is 11.6 Å². The van der Waals surface area contributed by atoms with Gasteiger partial charge in [-0.25, -0.2) is 8.78 Å².